The van der Waals surface area contributed by atoms with Gasteiger partial charge in [0, 0.05) is 6.04 Å². The summed E-state index contributed by atoms with van der Waals surface area (Å²) in [6, 6.07) is 9.17. The van der Waals surface area contributed by atoms with Crippen LogP contribution in [0, 0.1) is 24.2 Å². The number of nitrogens with zero attached hydrogens (tertiary/aromatic N) is 2. The second-order valence-corrected chi connectivity index (χ2v) is 9.57. The first-order valence-corrected chi connectivity index (χ1v) is 13.2. The van der Waals surface area contributed by atoms with Gasteiger partial charge in [-0.3, -0.25) is 4.99 Å². The molecule has 1 aromatic carbocycles. The van der Waals surface area contributed by atoms with Crippen LogP contribution in [0.3, 0.4) is 0 Å². The van der Waals surface area contributed by atoms with E-state index >= 15 is 0 Å². The van der Waals surface area contributed by atoms with Crippen LogP contribution in [0.1, 0.15) is 102 Å². The molecule has 0 amide bonds. The van der Waals surface area contributed by atoms with Gasteiger partial charge in [0.2, 0.25) is 0 Å². The maximum absolute atomic E-state index is 8.63. The van der Waals surface area contributed by atoms with Crippen LogP contribution in [0.15, 0.2) is 60.4 Å². The van der Waals surface area contributed by atoms with E-state index < -0.39 is 0 Å². The van der Waals surface area contributed by atoms with Gasteiger partial charge in [0.1, 0.15) is 0 Å². The van der Waals surface area contributed by atoms with E-state index in [1.54, 1.807) is 6.20 Å². The highest BCUT2D eigenvalue weighted by molar-refractivity contribution is 5.35. The second-order valence-electron chi connectivity index (χ2n) is 9.57. The Bertz CT molecular complexity index is 793. The SMILES string of the molecule is C=C.C=N/C=C(\C=C/CCC)NNC(C)C.CC1CCC1.Cc1cc(C2CCC2)ccc1CC#N. The zero-order chi connectivity index (χ0) is 26.5. The van der Waals surface area contributed by atoms with Gasteiger partial charge in [-0.1, -0.05) is 70.2 Å². The second kappa shape index (κ2) is 20.7. The smallest absolute Gasteiger partial charge is 0.0669 e. The lowest BCUT2D eigenvalue weighted by atomic mass is 9.79. The van der Waals surface area contributed by atoms with Crippen molar-refractivity contribution in [2.45, 2.75) is 104 Å². The molecular formula is C31H50N4. The van der Waals surface area contributed by atoms with Gasteiger partial charge in [0.25, 0.3) is 0 Å². The zero-order valence-corrected chi connectivity index (χ0v) is 23.1. The number of benzene rings is 1. The van der Waals surface area contributed by atoms with E-state index in [2.05, 4.69) is 101 Å². The molecule has 0 heterocycles. The van der Waals surface area contributed by atoms with Crippen molar-refractivity contribution in [1.82, 2.24) is 10.9 Å². The predicted molar refractivity (Wildman–Crippen MR) is 154 cm³/mol. The normalized spacial score (nSPS) is 15.2. The molecule has 2 aliphatic rings. The molecule has 0 saturated heterocycles. The molecule has 194 valence electrons. The lowest BCUT2D eigenvalue weighted by molar-refractivity contribution is 0.346. The largest absolute Gasteiger partial charge is 0.320 e. The fourth-order valence-corrected chi connectivity index (χ4v) is 3.43. The quantitative estimate of drug-likeness (QED) is 0.162. The lowest BCUT2D eigenvalue weighted by Gasteiger charge is -2.26. The number of aryl methyl sites for hydroxylation is 1. The fourth-order valence-electron chi connectivity index (χ4n) is 3.43. The number of aliphatic imine (C=N–C) groups is 1. The maximum Gasteiger partial charge on any atom is 0.0669 e. The summed E-state index contributed by atoms with van der Waals surface area (Å²) in [7, 11) is 0. The summed E-state index contributed by atoms with van der Waals surface area (Å²) in [4.78, 5) is 3.73. The van der Waals surface area contributed by atoms with E-state index in [4.69, 9.17) is 5.26 Å². The minimum Gasteiger partial charge on any atom is -0.320 e. The summed E-state index contributed by atoms with van der Waals surface area (Å²) in [6.45, 7) is 20.1. The molecule has 35 heavy (non-hydrogen) atoms. The molecular weight excluding hydrogens is 428 g/mol. The highest BCUT2D eigenvalue weighted by Crippen LogP contribution is 2.36. The van der Waals surface area contributed by atoms with Gasteiger partial charge >= 0.3 is 0 Å². The van der Waals surface area contributed by atoms with Crippen molar-refractivity contribution in [3.63, 3.8) is 0 Å². The van der Waals surface area contributed by atoms with Crippen molar-refractivity contribution in [2.24, 2.45) is 10.9 Å². The number of rotatable bonds is 9. The number of hydrogen-bond donors (Lipinski definition) is 2. The minimum absolute atomic E-state index is 0.391. The molecule has 4 heteroatoms. The lowest BCUT2D eigenvalue weighted by Crippen LogP contribution is -2.36. The molecule has 2 saturated carbocycles. The van der Waals surface area contributed by atoms with Gasteiger partial charge in [0.15, 0.2) is 0 Å². The molecule has 0 aliphatic heterocycles. The Balaban J connectivity index is 0.000000520. The molecule has 0 unspecified atom stereocenters. The first-order valence-electron chi connectivity index (χ1n) is 13.2. The van der Waals surface area contributed by atoms with Crippen molar-refractivity contribution < 1.29 is 0 Å². The van der Waals surface area contributed by atoms with E-state index in [9.17, 15) is 0 Å². The Hall–Kier alpha value is -2.64. The number of nitriles is 1. The van der Waals surface area contributed by atoms with E-state index in [0.29, 0.717) is 12.5 Å². The summed E-state index contributed by atoms with van der Waals surface area (Å²) < 4.78 is 0. The average molecular weight is 479 g/mol. The van der Waals surface area contributed by atoms with Crippen LogP contribution < -0.4 is 10.9 Å². The number of hydrazine groups is 1. The van der Waals surface area contributed by atoms with E-state index in [1.165, 1.54) is 55.2 Å². The van der Waals surface area contributed by atoms with E-state index in [0.717, 1.165) is 30.4 Å². The molecule has 1 aromatic rings. The molecule has 0 spiro atoms. The average Bonchev–Trinajstić information content (AvgIpc) is 2.79. The van der Waals surface area contributed by atoms with Crippen molar-refractivity contribution in [3.05, 3.63) is 72.1 Å². The first kappa shape index (κ1) is 32.4. The highest BCUT2D eigenvalue weighted by atomic mass is 15.4. The van der Waals surface area contributed by atoms with Crippen LogP contribution >= 0.6 is 0 Å². The third-order valence-corrected chi connectivity index (χ3v) is 6.09. The summed E-state index contributed by atoms with van der Waals surface area (Å²) >= 11 is 0. The van der Waals surface area contributed by atoms with E-state index in [-0.39, 0.29) is 0 Å². The highest BCUT2D eigenvalue weighted by Gasteiger charge is 2.19. The summed E-state index contributed by atoms with van der Waals surface area (Å²) in [6.07, 6.45) is 17.1. The number of hydrogen-bond acceptors (Lipinski definition) is 4. The Morgan fingerprint density at radius 1 is 1.20 bits per heavy atom. The van der Waals surface area contributed by atoms with Crippen LogP contribution in [0.2, 0.25) is 0 Å². The Kier molecular flexibility index (Phi) is 19.1. The van der Waals surface area contributed by atoms with Crippen LogP contribution in [0.25, 0.3) is 0 Å². The van der Waals surface area contributed by atoms with Crippen molar-refractivity contribution >= 4 is 6.72 Å². The maximum atomic E-state index is 8.63. The number of unbranched alkanes of at least 4 members (excludes halogenated alkanes) is 1. The van der Waals surface area contributed by atoms with Gasteiger partial charge in [-0.25, -0.2) is 5.43 Å². The Labute approximate surface area is 216 Å². The molecule has 2 N–H and O–H groups in total. The fraction of sp³-hybridized carbons (Fsp3) is 0.548. The monoisotopic (exact) mass is 478 g/mol. The summed E-state index contributed by atoms with van der Waals surface area (Å²) in [5.41, 5.74) is 11.0. The van der Waals surface area contributed by atoms with Gasteiger partial charge in [-0.15, -0.1) is 13.2 Å². The molecule has 3 rings (SSSR count). The molecule has 0 radical (unpaired) electrons. The molecule has 0 bridgehead atoms. The molecule has 2 fully saturated rings. The van der Waals surface area contributed by atoms with Crippen LogP contribution in [-0.4, -0.2) is 12.8 Å². The van der Waals surface area contributed by atoms with Gasteiger partial charge in [-0.05, 0) is 81.4 Å². The van der Waals surface area contributed by atoms with Gasteiger partial charge in [0.05, 0.1) is 24.4 Å². The number of nitrogens with one attached hydrogen (secondary N) is 2. The molecule has 0 aromatic heterocycles. The van der Waals surface area contributed by atoms with E-state index in [1.807, 2.05) is 6.08 Å². The summed E-state index contributed by atoms with van der Waals surface area (Å²) in [5, 5.41) is 8.63. The molecule has 4 nitrogen and oxygen atoms in total. The minimum atomic E-state index is 0.391. The third kappa shape index (κ3) is 15.1. The Morgan fingerprint density at radius 3 is 2.23 bits per heavy atom. The van der Waals surface area contributed by atoms with Gasteiger partial charge in [-0.2, -0.15) is 5.26 Å². The van der Waals surface area contributed by atoms with Crippen LogP contribution in [0.5, 0.6) is 0 Å². The Morgan fingerprint density at radius 2 is 1.83 bits per heavy atom. The molecule has 2 aliphatic carbocycles. The van der Waals surface area contributed by atoms with Crippen molar-refractivity contribution in [2.75, 3.05) is 0 Å². The first-order chi connectivity index (χ1) is 16.9. The van der Waals surface area contributed by atoms with Crippen molar-refractivity contribution in [3.8, 4) is 6.07 Å². The predicted octanol–water partition coefficient (Wildman–Crippen LogP) is 8.32. The number of allylic oxidation sites excluding steroid dienone is 2. The molecule has 0 atom stereocenters. The topological polar surface area (TPSA) is 60.2 Å². The van der Waals surface area contributed by atoms with Gasteiger partial charge < -0.3 is 5.43 Å². The van der Waals surface area contributed by atoms with Crippen LogP contribution in [-0.2, 0) is 6.42 Å². The zero-order valence-electron chi connectivity index (χ0n) is 23.1. The third-order valence-electron chi connectivity index (χ3n) is 6.09. The summed E-state index contributed by atoms with van der Waals surface area (Å²) in [5.74, 6) is 1.86. The standard InChI is InChI=1S/C13H15N.C11H21N3.C5H10.C2H4/c1-10-9-13(12-3-2-4-12)6-5-11(10)7-8-14;1-5-6-7-8-11(9-12-4)14-13-10(2)3;1-5-3-2-4-5;1-2/h5-6,9,12H,2-4,7H2,1H3;7-10,13-14H,4-6H2,1-3H3;5H,2-4H2,1H3;1-2H2/b;8-7-,11-9+;;. The van der Waals surface area contributed by atoms with Crippen LogP contribution in [0.4, 0.5) is 0 Å². The van der Waals surface area contributed by atoms with Crippen molar-refractivity contribution in [1.29, 1.82) is 5.26 Å².